The van der Waals surface area contributed by atoms with Crippen molar-refractivity contribution in [2.75, 3.05) is 0 Å². The van der Waals surface area contributed by atoms with Gasteiger partial charge in [0, 0.05) is 32.7 Å². The van der Waals surface area contributed by atoms with Crippen LogP contribution in [0, 0.1) is 68.0 Å². The smallest absolute Gasteiger partial charge is 0.308 e. The zero-order chi connectivity index (χ0) is 45.9. The van der Waals surface area contributed by atoms with Crippen molar-refractivity contribution in [1.29, 1.82) is 31.6 Å². The second kappa shape index (κ2) is 15.5. The molecular weight excluding hydrogens is 830 g/mol. The van der Waals surface area contributed by atoms with Gasteiger partial charge in [0.2, 0.25) is 0 Å². The fraction of sp³-hybridized carbons (Fsp3) is 0.0182. The molecule has 0 amide bonds. The van der Waals surface area contributed by atoms with Crippen LogP contribution in [0.25, 0.3) is 88.4 Å². The van der Waals surface area contributed by atoms with E-state index < -0.39 is 11.7 Å². The number of benzene rings is 8. The number of alkyl halides is 3. The largest absolute Gasteiger partial charge is 0.417 e. The van der Waals surface area contributed by atoms with Gasteiger partial charge in [-0.2, -0.15) is 44.7 Å². The molecule has 0 spiro atoms. The Hall–Kier alpha value is -9.91. The Morgan fingerprint density at radius 3 is 1.36 bits per heavy atom. The van der Waals surface area contributed by atoms with Gasteiger partial charge in [-0.15, -0.1) is 0 Å². The van der Waals surface area contributed by atoms with Crippen molar-refractivity contribution >= 4 is 43.6 Å². The Morgan fingerprint density at radius 2 is 0.879 bits per heavy atom. The molecule has 10 rings (SSSR count). The lowest BCUT2D eigenvalue weighted by Gasteiger charge is -2.22. The van der Waals surface area contributed by atoms with Crippen molar-refractivity contribution in [2.24, 2.45) is 0 Å². The molecule has 0 unspecified atom stereocenters. The van der Waals surface area contributed by atoms with Crippen LogP contribution in [0.15, 0.2) is 152 Å². The van der Waals surface area contributed by atoms with Gasteiger partial charge in [0.05, 0.1) is 97.2 Å². The lowest BCUT2D eigenvalue weighted by molar-refractivity contribution is -0.137. The fourth-order valence-corrected chi connectivity index (χ4v) is 9.14. The van der Waals surface area contributed by atoms with Crippen molar-refractivity contribution < 1.29 is 13.2 Å². The van der Waals surface area contributed by atoms with Crippen molar-refractivity contribution in [2.45, 2.75) is 6.18 Å². The van der Waals surface area contributed by atoms with E-state index in [1.54, 1.807) is 53.1 Å². The average molecular weight is 855 g/mol. The molecule has 306 valence electrons. The van der Waals surface area contributed by atoms with Crippen LogP contribution in [0.3, 0.4) is 0 Å². The maximum atomic E-state index is 15.2. The summed E-state index contributed by atoms with van der Waals surface area (Å²) < 4.78 is 49.2. The normalized spacial score (nSPS) is 11.2. The first-order valence-electron chi connectivity index (χ1n) is 20.2. The topological polar surface area (TPSA) is 153 Å². The lowest BCUT2D eigenvalue weighted by Crippen LogP contribution is -2.11. The maximum Gasteiger partial charge on any atom is 0.417 e. The highest BCUT2D eigenvalue weighted by molar-refractivity contribution is 6.13. The van der Waals surface area contributed by atoms with E-state index in [9.17, 15) is 31.6 Å². The molecule has 10 aromatic rings. The highest BCUT2D eigenvalue weighted by atomic mass is 19.4. The Balaban J connectivity index is 1.32. The summed E-state index contributed by atoms with van der Waals surface area (Å²) in [5, 5.41) is 63.8. The molecule has 0 aliphatic carbocycles. The fourth-order valence-electron chi connectivity index (χ4n) is 9.14. The number of nitrogens with zero attached hydrogens (tertiary/aromatic N) is 8. The summed E-state index contributed by atoms with van der Waals surface area (Å²) in [7, 11) is 0. The van der Waals surface area contributed by atoms with Crippen LogP contribution in [0.2, 0.25) is 0 Å². The summed E-state index contributed by atoms with van der Waals surface area (Å²) in [6.07, 6.45) is -4.88. The number of rotatable bonds is 5. The number of fused-ring (bicyclic) bond motifs is 6. The number of hydrogen-bond acceptors (Lipinski definition) is 6. The zero-order valence-electron chi connectivity index (χ0n) is 34.1. The molecule has 0 saturated heterocycles. The molecule has 2 heterocycles. The highest BCUT2D eigenvalue weighted by Gasteiger charge is 2.36. The molecule has 0 aliphatic heterocycles. The van der Waals surface area contributed by atoms with Crippen LogP contribution in [0.4, 0.5) is 13.2 Å². The number of nitriles is 6. The molecular formula is C55H25F3N8. The van der Waals surface area contributed by atoms with Crippen LogP contribution in [0.1, 0.15) is 38.9 Å². The minimum atomic E-state index is -4.88. The molecule has 0 fully saturated rings. The molecule has 0 aliphatic rings. The first-order chi connectivity index (χ1) is 32.1. The molecule has 0 saturated carbocycles. The lowest BCUT2D eigenvalue weighted by atomic mass is 9.90. The quantitative estimate of drug-likeness (QED) is 0.168. The molecule has 0 radical (unpaired) electrons. The maximum absolute atomic E-state index is 15.2. The molecule has 8 nitrogen and oxygen atoms in total. The van der Waals surface area contributed by atoms with Crippen LogP contribution in [-0.4, -0.2) is 9.13 Å². The van der Waals surface area contributed by atoms with E-state index in [1.165, 1.54) is 30.3 Å². The molecule has 8 aromatic carbocycles. The first-order valence-corrected chi connectivity index (χ1v) is 20.2. The summed E-state index contributed by atoms with van der Waals surface area (Å²) in [4.78, 5) is 0. The van der Waals surface area contributed by atoms with E-state index in [4.69, 9.17) is 0 Å². The van der Waals surface area contributed by atoms with Gasteiger partial charge in [0.25, 0.3) is 0 Å². The van der Waals surface area contributed by atoms with E-state index in [0.29, 0.717) is 77.5 Å². The molecule has 2 aromatic heterocycles. The summed E-state index contributed by atoms with van der Waals surface area (Å²) >= 11 is 0. The van der Waals surface area contributed by atoms with Crippen LogP contribution in [0.5, 0.6) is 0 Å². The molecule has 0 N–H and O–H groups in total. The van der Waals surface area contributed by atoms with Crippen LogP contribution < -0.4 is 0 Å². The van der Waals surface area contributed by atoms with Gasteiger partial charge in [0.1, 0.15) is 11.6 Å². The third kappa shape index (κ3) is 6.34. The van der Waals surface area contributed by atoms with Gasteiger partial charge in [-0.25, -0.2) is 0 Å². The summed E-state index contributed by atoms with van der Waals surface area (Å²) in [5.74, 6) is 0. The van der Waals surface area contributed by atoms with Gasteiger partial charge < -0.3 is 9.13 Å². The Bertz CT molecular complexity index is 3950. The van der Waals surface area contributed by atoms with Gasteiger partial charge in [-0.3, -0.25) is 0 Å². The monoisotopic (exact) mass is 854 g/mol. The van der Waals surface area contributed by atoms with E-state index in [-0.39, 0.29) is 27.9 Å². The predicted octanol–water partition coefficient (Wildman–Crippen LogP) is 13.1. The Labute approximate surface area is 374 Å². The zero-order valence-corrected chi connectivity index (χ0v) is 34.1. The highest BCUT2D eigenvalue weighted by Crippen LogP contribution is 2.47. The van der Waals surface area contributed by atoms with Crippen LogP contribution >= 0.6 is 0 Å². The second-order valence-electron chi connectivity index (χ2n) is 15.5. The minimum absolute atomic E-state index is 0.000568. The van der Waals surface area contributed by atoms with E-state index in [0.717, 1.165) is 22.4 Å². The SMILES string of the molecule is N#Cc1cc(C#N)cc(-c2ccc3c(c2)c2ccccc2n3-c2ccc(-c3c(C#N)cccc3C(F)(F)F)c(-n3c4ccccc4c4cc(-c5cc(C#N)cc(C#N)c5)ccc43)c2C#N)c1. The molecule has 0 bridgehead atoms. The van der Waals surface area contributed by atoms with Crippen molar-refractivity contribution in [3.8, 4) is 81.2 Å². The number of aromatic nitrogens is 2. The van der Waals surface area contributed by atoms with E-state index in [1.807, 2.05) is 77.4 Å². The number of halogens is 3. The standard InChI is InChI=1S/C55H25F3N8/c56-55(57,58)47-9-5-6-38(30-63)53(47)43-14-17-52(65-48-10-3-1-7-41(48)44-24-36(12-15-50(44)65)39-20-32(26-59)18-33(21-39)27-60)46(31-64)54(43)66-49-11-4-2-8-42(49)45-25-37(13-16-51(45)66)40-22-34(28-61)19-35(23-40)29-62/h1-25H. The number of hydrogen-bond donors (Lipinski definition) is 0. The third-order valence-electron chi connectivity index (χ3n) is 11.9. The minimum Gasteiger partial charge on any atom is -0.308 e. The third-order valence-corrected chi connectivity index (χ3v) is 11.9. The van der Waals surface area contributed by atoms with Gasteiger partial charge in [-0.1, -0.05) is 60.7 Å². The second-order valence-corrected chi connectivity index (χ2v) is 15.5. The van der Waals surface area contributed by atoms with Crippen molar-refractivity contribution in [1.82, 2.24) is 9.13 Å². The molecule has 66 heavy (non-hydrogen) atoms. The van der Waals surface area contributed by atoms with E-state index in [2.05, 4.69) is 30.3 Å². The summed E-state index contributed by atoms with van der Waals surface area (Å²) in [5.41, 5.74) is 5.22. The summed E-state index contributed by atoms with van der Waals surface area (Å²) in [6, 6.07) is 55.2. The average Bonchev–Trinajstić information content (AvgIpc) is 3.86. The van der Waals surface area contributed by atoms with Gasteiger partial charge in [-0.05, 0) is 113 Å². The number of para-hydroxylation sites is 2. The van der Waals surface area contributed by atoms with Gasteiger partial charge >= 0.3 is 6.18 Å². The Kier molecular flexibility index (Phi) is 9.41. The molecule has 11 heteroatoms. The van der Waals surface area contributed by atoms with E-state index >= 15 is 13.2 Å². The van der Waals surface area contributed by atoms with Crippen molar-refractivity contribution in [3.05, 3.63) is 191 Å². The van der Waals surface area contributed by atoms with Gasteiger partial charge in [0.15, 0.2) is 0 Å². The van der Waals surface area contributed by atoms with Crippen LogP contribution in [-0.2, 0) is 6.18 Å². The predicted molar refractivity (Wildman–Crippen MR) is 245 cm³/mol. The molecule has 0 atom stereocenters. The first kappa shape index (κ1) is 40.2. The summed E-state index contributed by atoms with van der Waals surface area (Å²) in [6.45, 7) is 0. The van der Waals surface area contributed by atoms with Crippen molar-refractivity contribution in [3.63, 3.8) is 0 Å². The Morgan fingerprint density at radius 1 is 0.394 bits per heavy atom.